The van der Waals surface area contributed by atoms with E-state index >= 15 is 0 Å². The Labute approximate surface area is 152 Å². The van der Waals surface area contributed by atoms with Crippen molar-refractivity contribution in [1.29, 1.82) is 0 Å². The molecule has 3 unspecified atom stereocenters. The van der Waals surface area contributed by atoms with Gasteiger partial charge in [0.1, 0.15) is 18.6 Å². The lowest BCUT2D eigenvalue weighted by molar-refractivity contribution is -0.147. The fraction of sp³-hybridized carbons (Fsp3) is 0.765. The topological polar surface area (TPSA) is 133 Å². The van der Waals surface area contributed by atoms with Crippen LogP contribution in [0.1, 0.15) is 39.5 Å². The molecule has 0 saturated carbocycles. The average molecular weight is 368 g/mol. The minimum atomic E-state index is -1.13. The lowest BCUT2D eigenvalue weighted by Gasteiger charge is -2.32. The molecule has 4 N–H and O–H groups in total. The molecule has 2 aliphatic heterocycles. The van der Waals surface area contributed by atoms with Crippen LogP contribution in [0.15, 0.2) is 0 Å². The minimum Gasteiger partial charge on any atom is -0.480 e. The van der Waals surface area contributed by atoms with E-state index in [1.54, 1.807) is 0 Å². The van der Waals surface area contributed by atoms with Crippen molar-refractivity contribution in [3.05, 3.63) is 0 Å². The summed E-state index contributed by atoms with van der Waals surface area (Å²) in [7, 11) is 0. The van der Waals surface area contributed by atoms with Crippen LogP contribution in [0.2, 0.25) is 0 Å². The van der Waals surface area contributed by atoms with Crippen LogP contribution >= 0.6 is 0 Å². The third kappa shape index (κ3) is 4.32. The molecule has 0 spiro atoms. The summed E-state index contributed by atoms with van der Waals surface area (Å²) in [5.74, 6) is -2.11. The lowest BCUT2D eigenvalue weighted by Crippen LogP contribution is -2.56. The van der Waals surface area contributed by atoms with Crippen LogP contribution < -0.4 is 11.1 Å². The number of nitrogens with one attached hydrogen (secondary N) is 1. The molecule has 0 aromatic rings. The van der Waals surface area contributed by atoms with E-state index in [1.807, 2.05) is 13.8 Å². The Morgan fingerprint density at radius 3 is 2.23 bits per heavy atom. The van der Waals surface area contributed by atoms with Gasteiger partial charge in [-0.15, -0.1) is 0 Å². The standard InChI is InChI=1S/C17H28N4O5/c1-10(2)14(18)17(26)21-8-4-6-12(21)16(25)20-7-3-5-11(20)15(24)19-9-13(22)23/h10-12,14H,3-9,18H2,1-2H3,(H,19,24)(H,22,23). The van der Waals surface area contributed by atoms with Crippen LogP contribution in [0, 0.1) is 5.92 Å². The first-order valence-corrected chi connectivity index (χ1v) is 9.10. The van der Waals surface area contributed by atoms with Crippen LogP contribution in [0.5, 0.6) is 0 Å². The Hall–Kier alpha value is -2.16. The van der Waals surface area contributed by atoms with E-state index < -0.39 is 36.5 Å². The van der Waals surface area contributed by atoms with E-state index in [9.17, 15) is 19.2 Å². The summed E-state index contributed by atoms with van der Waals surface area (Å²) in [6, 6.07) is -1.94. The second kappa shape index (κ2) is 8.48. The molecule has 0 aromatic heterocycles. The smallest absolute Gasteiger partial charge is 0.322 e. The number of nitrogens with two attached hydrogens (primary N) is 1. The van der Waals surface area contributed by atoms with Crippen molar-refractivity contribution in [3.8, 4) is 0 Å². The number of aliphatic carboxylic acids is 1. The van der Waals surface area contributed by atoms with Gasteiger partial charge in [0, 0.05) is 13.1 Å². The molecule has 2 heterocycles. The molecule has 2 aliphatic rings. The zero-order chi connectivity index (χ0) is 19.4. The van der Waals surface area contributed by atoms with E-state index in [-0.39, 0.29) is 17.7 Å². The highest BCUT2D eigenvalue weighted by molar-refractivity contribution is 5.94. The van der Waals surface area contributed by atoms with Crippen LogP contribution in [0.3, 0.4) is 0 Å². The fourth-order valence-corrected chi connectivity index (χ4v) is 3.54. The number of carbonyl (C=O) groups excluding carboxylic acids is 3. The number of carboxylic acid groups (broad SMARTS) is 1. The summed E-state index contributed by atoms with van der Waals surface area (Å²) in [5.41, 5.74) is 5.96. The van der Waals surface area contributed by atoms with Crippen LogP contribution in [0.25, 0.3) is 0 Å². The molecule has 26 heavy (non-hydrogen) atoms. The molecule has 146 valence electrons. The predicted octanol–water partition coefficient (Wildman–Crippen LogP) is -0.847. The van der Waals surface area contributed by atoms with Gasteiger partial charge >= 0.3 is 5.97 Å². The highest BCUT2D eigenvalue weighted by Crippen LogP contribution is 2.26. The second-order valence-corrected chi connectivity index (χ2v) is 7.26. The maximum absolute atomic E-state index is 13.0. The third-order valence-corrected chi connectivity index (χ3v) is 5.08. The fourth-order valence-electron chi connectivity index (χ4n) is 3.54. The zero-order valence-corrected chi connectivity index (χ0v) is 15.3. The molecule has 9 heteroatoms. The van der Waals surface area contributed by atoms with Crippen molar-refractivity contribution in [2.24, 2.45) is 11.7 Å². The summed E-state index contributed by atoms with van der Waals surface area (Å²) in [6.07, 6.45) is 2.43. The van der Waals surface area contributed by atoms with Gasteiger partial charge in [0.05, 0.1) is 6.04 Å². The Bertz CT molecular complexity index is 580. The molecular formula is C17H28N4O5. The van der Waals surface area contributed by atoms with Gasteiger partial charge in [-0.05, 0) is 31.6 Å². The van der Waals surface area contributed by atoms with Gasteiger partial charge in [0.25, 0.3) is 0 Å². The number of amides is 3. The van der Waals surface area contributed by atoms with Crippen LogP contribution in [-0.4, -0.2) is 76.4 Å². The van der Waals surface area contributed by atoms with Gasteiger partial charge in [-0.2, -0.15) is 0 Å². The van der Waals surface area contributed by atoms with E-state index in [4.69, 9.17) is 10.8 Å². The monoisotopic (exact) mass is 368 g/mol. The molecule has 0 aromatic carbocycles. The van der Waals surface area contributed by atoms with E-state index in [0.29, 0.717) is 32.4 Å². The Morgan fingerprint density at radius 1 is 1.08 bits per heavy atom. The Balaban J connectivity index is 2.07. The third-order valence-electron chi connectivity index (χ3n) is 5.08. The van der Waals surface area contributed by atoms with E-state index in [1.165, 1.54) is 9.80 Å². The molecule has 0 bridgehead atoms. The average Bonchev–Trinajstić information content (AvgIpc) is 3.26. The molecule has 0 aliphatic carbocycles. The van der Waals surface area contributed by atoms with E-state index in [0.717, 1.165) is 6.42 Å². The molecule has 3 atom stereocenters. The SMILES string of the molecule is CC(C)C(N)C(=O)N1CCCC1C(=O)N1CCCC1C(=O)NCC(=O)O. The van der Waals surface area contributed by atoms with Crippen molar-refractivity contribution in [2.75, 3.05) is 19.6 Å². The summed E-state index contributed by atoms with van der Waals surface area (Å²) in [6.45, 7) is 4.16. The Morgan fingerprint density at radius 2 is 1.65 bits per heavy atom. The molecule has 2 saturated heterocycles. The van der Waals surface area contributed by atoms with Gasteiger partial charge in [0.2, 0.25) is 17.7 Å². The first-order chi connectivity index (χ1) is 12.2. The number of nitrogens with zero attached hydrogens (tertiary/aromatic N) is 2. The van der Waals surface area contributed by atoms with Crippen molar-refractivity contribution in [1.82, 2.24) is 15.1 Å². The van der Waals surface area contributed by atoms with Crippen molar-refractivity contribution < 1.29 is 24.3 Å². The minimum absolute atomic E-state index is 0.0276. The van der Waals surface area contributed by atoms with Crippen molar-refractivity contribution in [3.63, 3.8) is 0 Å². The lowest BCUT2D eigenvalue weighted by atomic mass is 10.0. The van der Waals surface area contributed by atoms with Gasteiger partial charge in [-0.3, -0.25) is 19.2 Å². The quantitative estimate of drug-likeness (QED) is 0.559. The normalized spacial score (nSPS) is 24.0. The van der Waals surface area contributed by atoms with Gasteiger partial charge in [0.15, 0.2) is 0 Å². The number of rotatable bonds is 6. The molecule has 0 radical (unpaired) electrons. The summed E-state index contributed by atoms with van der Waals surface area (Å²) in [5, 5.41) is 11.0. The molecule has 2 rings (SSSR count). The Kier molecular flexibility index (Phi) is 6.57. The second-order valence-electron chi connectivity index (χ2n) is 7.26. The molecule has 2 fully saturated rings. The number of carboxylic acids is 1. The maximum atomic E-state index is 13.0. The number of likely N-dealkylation sites (tertiary alicyclic amines) is 2. The molecular weight excluding hydrogens is 340 g/mol. The number of carbonyl (C=O) groups is 4. The van der Waals surface area contributed by atoms with Gasteiger partial charge < -0.3 is 26.0 Å². The van der Waals surface area contributed by atoms with Gasteiger partial charge in [-0.25, -0.2) is 0 Å². The van der Waals surface area contributed by atoms with Crippen LogP contribution in [0.4, 0.5) is 0 Å². The van der Waals surface area contributed by atoms with Crippen molar-refractivity contribution >= 4 is 23.7 Å². The first-order valence-electron chi connectivity index (χ1n) is 9.10. The largest absolute Gasteiger partial charge is 0.480 e. The molecule has 3 amide bonds. The highest BCUT2D eigenvalue weighted by atomic mass is 16.4. The summed E-state index contributed by atoms with van der Waals surface area (Å²) in [4.78, 5) is 51.5. The predicted molar refractivity (Wildman–Crippen MR) is 92.9 cm³/mol. The van der Waals surface area contributed by atoms with Gasteiger partial charge in [-0.1, -0.05) is 13.8 Å². The first kappa shape index (κ1) is 20.2. The summed E-state index contributed by atoms with van der Waals surface area (Å²) < 4.78 is 0. The maximum Gasteiger partial charge on any atom is 0.322 e. The number of hydrogen-bond acceptors (Lipinski definition) is 5. The number of hydrogen-bond donors (Lipinski definition) is 3. The molecule has 9 nitrogen and oxygen atoms in total. The van der Waals surface area contributed by atoms with E-state index in [2.05, 4.69) is 5.32 Å². The highest BCUT2D eigenvalue weighted by Gasteiger charge is 2.43. The summed E-state index contributed by atoms with van der Waals surface area (Å²) >= 11 is 0. The van der Waals surface area contributed by atoms with Crippen LogP contribution in [-0.2, 0) is 19.2 Å². The van der Waals surface area contributed by atoms with Crippen molar-refractivity contribution in [2.45, 2.75) is 57.7 Å². The zero-order valence-electron chi connectivity index (χ0n) is 15.3.